The summed E-state index contributed by atoms with van der Waals surface area (Å²) >= 11 is 0. The Balaban J connectivity index is 1.96. The molecule has 4 rings (SSSR count). The van der Waals surface area contributed by atoms with E-state index in [1.165, 1.54) is 0 Å². The van der Waals surface area contributed by atoms with Crippen LogP contribution in [0.5, 0.6) is 0 Å². The zero-order valence-corrected chi connectivity index (χ0v) is 29.0. The van der Waals surface area contributed by atoms with Crippen LogP contribution in [0.25, 0.3) is 0 Å². The predicted octanol–water partition coefficient (Wildman–Crippen LogP) is 8.53. The number of esters is 2. The molecule has 8 atom stereocenters. The first-order valence-corrected chi connectivity index (χ1v) is 17.2. The van der Waals surface area contributed by atoms with Crippen molar-refractivity contribution in [3.63, 3.8) is 0 Å². The van der Waals surface area contributed by atoms with Crippen molar-refractivity contribution in [3.8, 4) is 12.1 Å². The van der Waals surface area contributed by atoms with E-state index in [0.717, 1.165) is 36.8 Å². The first-order valence-electron chi connectivity index (χ1n) is 17.2. The van der Waals surface area contributed by atoms with E-state index in [-0.39, 0.29) is 34.8 Å². The molecule has 0 aromatic heterocycles. The van der Waals surface area contributed by atoms with Gasteiger partial charge in [-0.25, -0.2) is 9.59 Å². The van der Waals surface area contributed by atoms with E-state index in [2.05, 4.69) is 53.7 Å². The minimum atomic E-state index is -2.34. The summed E-state index contributed by atoms with van der Waals surface area (Å²) in [6.45, 7) is 16.6. The molecule has 246 valence electrons. The standard InChI is InChI=1S/C40H52N2O4/c1-25(2)33-19-13-29(7)21-35(33)45-37(43)39(23-41,31-15-9-27(5)10-16-31)40(24-42,32-17-11-28(6)12-18-32)38(44)46-36-22-30(8)14-20-34(36)26(3)4/h9-12,15-18,25-26,29-30,33-36H,13-14,19-22H2,1-8H3/t29-,30-,33+,34+,35-,36-,39+,40+/m1/s1. The fourth-order valence-electron chi connectivity index (χ4n) is 7.92. The Morgan fingerprint density at radius 3 is 1.26 bits per heavy atom. The molecule has 6 nitrogen and oxygen atoms in total. The van der Waals surface area contributed by atoms with Gasteiger partial charge in [0.15, 0.2) is 0 Å². The molecular formula is C40H52N2O4. The van der Waals surface area contributed by atoms with Gasteiger partial charge in [-0.3, -0.25) is 0 Å². The molecule has 0 unspecified atom stereocenters. The van der Waals surface area contributed by atoms with E-state index in [4.69, 9.17) is 9.47 Å². The van der Waals surface area contributed by atoms with Gasteiger partial charge in [-0.15, -0.1) is 0 Å². The van der Waals surface area contributed by atoms with Crippen LogP contribution in [0.1, 0.15) is 102 Å². The molecule has 0 N–H and O–H groups in total. The molecule has 0 saturated heterocycles. The number of carbonyl (C=O) groups is 2. The van der Waals surface area contributed by atoms with E-state index in [1.807, 2.05) is 13.8 Å². The lowest BCUT2D eigenvalue weighted by Gasteiger charge is -2.43. The highest BCUT2D eigenvalue weighted by molar-refractivity contribution is 6.02. The second-order valence-corrected chi connectivity index (χ2v) is 15.0. The fourth-order valence-corrected chi connectivity index (χ4v) is 7.92. The first kappa shape index (κ1) is 35.2. The van der Waals surface area contributed by atoms with Crippen LogP contribution in [0.4, 0.5) is 0 Å². The number of hydrogen-bond acceptors (Lipinski definition) is 6. The van der Waals surface area contributed by atoms with Gasteiger partial charge in [0.25, 0.3) is 0 Å². The Morgan fingerprint density at radius 2 is 0.978 bits per heavy atom. The maximum Gasteiger partial charge on any atom is 0.334 e. The summed E-state index contributed by atoms with van der Waals surface area (Å²) in [4.78, 5) is 30.0. The molecule has 6 heteroatoms. The molecule has 0 bridgehead atoms. The predicted molar refractivity (Wildman–Crippen MR) is 179 cm³/mol. The van der Waals surface area contributed by atoms with Gasteiger partial charge in [-0.1, -0.05) is 114 Å². The van der Waals surface area contributed by atoms with Gasteiger partial charge in [0.1, 0.15) is 12.2 Å². The zero-order chi connectivity index (χ0) is 33.8. The molecule has 46 heavy (non-hydrogen) atoms. The van der Waals surface area contributed by atoms with Crippen molar-refractivity contribution in [2.24, 2.45) is 35.5 Å². The topological polar surface area (TPSA) is 100 Å². The molecule has 2 fully saturated rings. The monoisotopic (exact) mass is 624 g/mol. The average Bonchev–Trinajstić information content (AvgIpc) is 3.00. The second-order valence-electron chi connectivity index (χ2n) is 15.0. The maximum absolute atomic E-state index is 15.0. The molecule has 0 amide bonds. The van der Waals surface area contributed by atoms with Crippen LogP contribution in [0.2, 0.25) is 0 Å². The van der Waals surface area contributed by atoms with Crippen molar-refractivity contribution in [2.75, 3.05) is 0 Å². The molecule has 0 aliphatic heterocycles. The number of rotatable bonds is 9. The molecule has 2 aromatic carbocycles. The first-order chi connectivity index (χ1) is 21.8. The lowest BCUT2D eigenvalue weighted by Crippen LogP contribution is -2.60. The summed E-state index contributed by atoms with van der Waals surface area (Å²) < 4.78 is 12.9. The summed E-state index contributed by atoms with van der Waals surface area (Å²) in [5.41, 5.74) is -2.35. The smallest absolute Gasteiger partial charge is 0.334 e. The number of ether oxygens (including phenoxy) is 2. The Kier molecular flexibility index (Phi) is 11.0. The van der Waals surface area contributed by atoms with E-state index < -0.39 is 35.0 Å². The summed E-state index contributed by atoms with van der Waals surface area (Å²) in [6, 6.07) is 18.4. The van der Waals surface area contributed by atoms with Crippen molar-refractivity contribution in [3.05, 3.63) is 70.8 Å². The molecule has 2 aliphatic carbocycles. The Bertz CT molecular complexity index is 1340. The fraction of sp³-hybridized carbons (Fsp3) is 0.600. The molecule has 2 aliphatic rings. The van der Waals surface area contributed by atoms with Gasteiger partial charge in [0.2, 0.25) is 10.8 Å². The van der Waals surface area contributed by atoms with Gasteiger partial charge < -0.3 is 9.47 Å². The maximum atomic E-state index is 15.0. The third-order valence-corrected chi connectivity index (χ3v) is 10.9. The van der Waals surface area contributed by atoms with Crippen molar-refractivity contribution >= 4 is 11.9 Å². The van der Waals surface area contributed by atoms with Crippen molar-refractivity contribution in [1.82, 2.24) is 0 Å². The Labute approximate surface area is 276 Å². The van der Waals surface area contributed by atoms with Crippen molar-refractivity contribution < 1.29 is 19.1 Å². The lowest BCUT2D eigenvalue weighted by molar-refractivity contribution is -0.173. The van der Waals surface area contributed by atoms with E-state index >= 15 is 0 Å². The number of nitrogens with zero attached hydrogens (tertiary/aromatic N) is 2. The third-order valence-electron chi connectivity index (χ3n) is 10.9. The van der Waals surface area contributed by atoms with Crippen LogP contribution in [-0.2, 0) is 29.9 Å². The van der Waals surface area contributed by atoms with Crippen LogP contribution < -0.4 is 0 Å². The number of hydrogen-bond donors (Lipinski definition) is 0. The Morgan fingerprint density at radius 1 is 0.652 bits per heavy atom. The molecule has 0 spiro atoms. The minimum Gasteiger partial charge on any atom is -0.461 e. The summed E-state index contributed by atoms with van der Waals surface area (Å²) in [6.07, 6.45) is 4.32. The normalized spacial score (nSPS) is 27.5. The molecule has 0 heterocycles. The van der Waals surface area contributed by atoms with Crippen molar-refractivity contribution in [2.45, 2.75) is 117 Å². The second kappa shape index (κ2) is 14.4. The van der Waals surface area contributed by atoms with Gasteiger partial charge in [0.05, 0.1) is 12.1 Å². The van der Waals surface area contributed by atoms with Crippen LogP contribution in [0.15, 0.2) is 48.5 Å². The molecule has 2 saturated carbocycles. The van der Waals surface area contributed by atoms with Crippen LogP contribution >= 0.6 is 0 Å². The summed E-state index contributed by atoms with van der Waals surface area (Å²) in [5.74, 6) is -0.350. The molecular weight excluding hydrogens is 572 g/mol. The Hall–Kier alpha value is -3.64. The SMILES string of the molecule is Cc1ccc([C@@](C#N)(C(=O)O[C@@H]2C[C@H](C)CC[C@H]2C(C)C)[C@](C#N)(C(=O)O[C@@H]2C[C@H](C)CC[C@H]2C(C)C)c2ccc(C)cc2)cc1. The quantitative estimate of drug-likeness (QED) is 0.259. The van der Waals surface area contributed by atoms with E-state index in [0.29, 0.717) is 24.7 Å². The highest BCUT2D eigenvalue weighted by atomic mass is 16.6. The number of aryl methyl sites for hydroxylation is 2. The number of benzene rings is 2. The van der Waals surface area contributed by atoms with E-state index in [1.54, 1.807) is 48.5 Å². The van der Waals surface area contributed by atoms with Crippen LogP contribution in [0, 0.1) is 72.0 Å². The van der Waals surface area contributed by atoms with Gasteiger partial charge in [-0.2, -0.15) is 10.5 Å². The number of carbonyl (C=O) groups excluding carboxylic acids is 2. The van der Waals surface area contributed by atoms with Gasteiger partial charge in [0, 0.05) is 0 Å². The van der Waals surface area contributed by atoms with Crippen LogP contribution in [0.3, 0.4) is 0 Å². The molecule has 0 radical (unpaired) electrons. The summed E-state index contributed by atoms with van der Waals surface area (Å²) in [5, 5.41) is 22.7. The summed E-state index contributed by atoms with van der Waals surface area (Å²) in [7, 11) is 0. The molecule has 2 aromatic rings. The zero-order valence-electron chi connectivity index (χ0n) is 29.0. The highest BCUT2D eigenvalue weighted by Crippen LogP contribution is 2.49. The lowest BCUT2D eigenvalue weighted by atomic mass is 9.57. The van der Waals surface area contributed by atoms with E-state index in [9.17, 15) is 20.1 Å². The van der Waals surface area contributed by atoms with Crippen LogP contribution in [-0.4, -0.2) is 24.1 Å². The highest BCUT2D eigenvalue weighted by Gasteiger charge is 2.68. The largest absolute Gasteiger partial charge is 0.461 e. The third kappa shape index (κ3) is 6.60. The minimum absolute atomic E-state index is 0.105. The van der Waals surface area contributed by atoms with Gasteiger partial charge >= 0.3 is 11.9 Å². The van der Waals surface area contributed by atoms with Gasteiger partial charge in [-0.05, 0) is 86.2 Å². The number of nitriles is 2. The average molecular weight is 625 g/mol. The van der Waals surface area contributed by atoms with Crippen molar-refractivity contribution in [1.29, 1.82) is 10.5 Å².